The van der Waals surface area contributed by atoms with Crippen molar-refractivity contribution in [3.8, 4) is 0 Å². The number of hydrogen-bond acceptors (Lipinski definition) is 3. The maximum Gasteiger partial charge on any atom is 0.142 e. The van der Waals surface area contributed by atoms with Crippen molar-refractivity contribution in [1.82, 2.24) is 4.90 Å². The SMILES string of the molecule is CC(C)(C)C1=CON=CN1C(C)(C)C. The van der Waals surface area contributed by atoms with Gasteiger partial charge in [-0.05, 0) is 20.8 Å². The second-order valence-corrected chi connectivity index (χ2v) is 5.62. The molecule has 0 unspecified atom stereocenters. The first kappa shape index (κ1) is 11.1. The smallest absolute Gasteiger partial charge is 0.142 e. The molecule has 0 bridgehead atoms. The van der Waals surface area contributed by atoms with Gasteiger partial charge in [0.2, 0.25) is 0 Å². The van der Waals surface area contributed by atoms with Gasteiger partial charge < -0.3 is 9.74 Å². The van der Waals surface area contributed by atoms with E-state index >= 15 is 0 Å². The Labute approximate surface area is 86.4 Å². The molecular weight excluding hydrogens is 176 g/mol. The van der Waals surface area contributed by atoms with Gasteiger partial charge in [-0.3, -0.25) is 0 Å². The molecule has 0 saturated carbocycles. The highest BCUT2D eigenvalue weighted by atomic mass is 16.6. The normalized spacial score (nSPS) is 17.9. The second-order valence-electron chi connectivity index (χ2n) is 5.62. The van der Waals surface area contributed by atoms with Crippen molar-refractivity contribution in [3.63, 3.8) is 0 Å². The number of oxime groups is 1. The van der Waals surface area contributed by atoms with Gasteiger partial charge in [-0.2, -0.15) is 0 Å². The molecule has 0 radical (unpaired) electrons. The first-order chi connectivity index (χ1) is 6.23. The molecule has 0 fully saturated rings. The van der Waals surface area contributed by atoms with Gasteiger partial charge in [-0.25, -0.2) is 0 Å². The lowest BCUT2D eigenvalue weighted by Gasteiger charge is -2.41. The van der Waals surface area contributed by atoms with E-state index in [4.69, 9.17) is 4.84 Å². The molecule has 3 heteroatoms. The number of rotatable bonds is 0. The Morgan fingerprint density at radius 1 is 1.14 bits per heavy atom. The topological polar surface area (TPSA) is 24.8 Å². The van der Waals surface area contributed by atoms with Crippen LogP contribution in [0.5, 0.6) is 0 Å². The van der Waals surface area contributed by atoms with E-state index in [9.17, 15) is 0 Å². The average Bonchev–Trinajstić information content (AvgIpc) is 2.01. The van der Waals surface area contributed by atoms with Gasteiger partial charge in [-0.1, -0.05) is 25.9 Å². The summed E-state index contributed by atoms with van der Waals surface area (Å²) in [5.41, 5.74) is 1.26. The summed E-state index contributed by atoms with van der Waals surface area (Å²) < 4.78 is 0. The van der Waals surface area contributed by atoms with Crippen LogP contribution in [0.3, 0.4) is 0 Å². The minimum absolute atomic E-state index is 0.0341. The van der Waals surface area contributed by atoms with Crippen molar-refractivity contribution in [2.75, 3.05) is 0 Å². The molecular formula is C11H20N2O. The fourth-order valence-electron chi connectivity index (χ4n) is 1.35. The standard InChI is InChI=1S/C11H20N2O/c1-10(2,3)9-7-14-12-8-13(9)11(4,5)6/h7-8H,1-6H3. The molecule has 80 valence electrons. The lowest BCUT2D eigenvalue weighted by molar-refractivity contribution is 0.171. The highest BCUT2D eigenvalue weighted by molar-refractivity contribution is 5.60. The van der Waals surface area contributed by atoms with E-state index in [1.807, 2.05) is 0 Å². The lowest BCUT2D eigenvalue weighted by atomic mass is 9.89. The summed E-state index contributed by atoms with van der Waals surface area (Å²) in [4.78, 5) is 7.15. The Morgan fingerprint density at radius 3 is 2.07 bits per heavy atom. The van der Waals surface area contributed by atoms with Crippen molar-refractivity contribution < 1.29 is 4.84 Å². The molecule has 0 aliphatic carbocycles. The van der Waals surface area contributed by atoms with Crippen LogP contribution in [-0.4, -0.2) is 16.8 Å². The van der Waals surface area contributed by atoms with E-state index in [0.717, 1.165) is 5.70 Å². The van der Waals surface area contributed by atoms with Crippen molar-refractivity contribution in [2.45, 2.75) is 47.1 Å². The fourth-order valence-corrected chi connectivity index (χ4v) is 1.35. The number of allylic oxidation sites excluding steroid dienone is 1. The van der Waals surface area contributed by atoms with Gasteiger partial charge in [0.05, 0.1) is 5.70 Å². The third-order valence-corrected chi connectivity index (χ3v) is 2.14. The number of nitrogens with zero attached hydrogens (tertiary/aromatic N) is 2. The molecule has 0 amide bonds. The third kappa shape index (κ3) is 2.28. The Balaban J connectivity index is 2.99. The van der Waals surface area contributed by atoms with E-state index in [1.165, 1.54) is 0 Å². The first-order valence-electron chi connectivity index (χ1n) is 4.92. The zero-order valence-electron chi connectivity index (χ0n) is 9.96. The Bertz CT molecular complexity index is 266. The van der Waals surface area contributed by atoms with Crippen LogP contribution in [0.25, 0.3) is 0 Å². The van der Waals surface area contributed by atoms with Crippen LogP contribution in [0.15, 0.2) is 17.1 Å². The van der Waals surface area contributed by atoms with Crippen LogP contribution in [0.4, 0.5) is 0 Å². The van der Waals surface area contributed by atoms with E-state index in [0.29, 0.717) is 0 Å². The molecule has 14 heavy (non-hydrogen) atoms. The summed E-state index contributed by atoms with van der Waals surface area (Å²) in [5.74, 6) is 0. The Morgan fingerprint density at radius 2 is 1.71 bits per heavy atom. The predicted octanol–water partition coefficient (Wildman–Crippen LogP) is 2.95. The van der Waals surface area contributed by atoms with Crippen LogP contribution < -0.4 is 0 Å². The van der Waals surface area contributed by atoms with Crippen LogP contribution in [-0.2, 0) is 4.84 Å². The molecule has 3 nitrogen and oxygen atoms in total. The largest absolute Gasteiger partial charge is 0.361 e. The van der Waals surface area contributed by atoms with E-state index in [2.05, 4.69) is 51.6 Å². The van der Waals surface area contributed by atoms with Crippen molar-refractivity contribution in [1.29, 1.82) is 0 Å². The van der Waals surface area contributed by atoms with Crippen LogP contribution in [0.2, 0.25) is 0 Å². The van der Waals surface area contributed by atoms with Crippen LogP contribution in [0.1, 0.15) is 41.5 Å². The summed E-state index contributed by atoms with van der Waals surface area (Å²) in [5, 5.41) is 3.81. The zero-order valence-corrected chi connectivity index (χ0v) is 9.96. The lowest BCUT2D eigenvalue weighted by Crippen LogP contribution is -2.44. The molecule has 0 aromatic heterocycles. The minimum atomic E-state index is 0.0341. The molecule has 0 atom stereocenters. The van der Waals surface area contributed by atoms with Crippen LogP contribution >= 0.6 is 0 Å². The molecule has 0 aromatic rings. The van der Waals surface area contributed by atoms with Gasteiger partial charge in [-0.15, -0.1) is 0 Å². The van der Waals surface area contributed by atoms with Gasteiger partial charge in [0.15, 0.2) is 0 Å². The molecule has 1 aliphatic heterocycles. The molecule has 1 heterocycles. The highest BCUT2D eigenvalue weighted by Crippen LogP contribution is 2.33. The molecule has 0 saturated heterocycles. The van der Waals surface area contributed by atoms with Gasteiger partial charge in [0.1, 0.15) is 12.6 Å². The second kappa shape index (κ2) is 3.30. The van der Waals surface area contributed by atoms with E-state index < -0.39 is 0 Å². The van der Waals surface area contributed by atoms with E-state index in [-0.39, 0.29) is 11.0 Å². The van der Waals surface area contributed by atoms with Crippen molar-refractivity contribution >= 4 is 6.34 Å². The van der Waals surface area contributed by atoms with Gasteiger partial charge >= 0.3 is 0 Å². The average molecular weight is 196 g/mol. The molecule has 0 aromatic carbocycles. The van der Waals surface area contributed by atoms with Crippen molar-refractivity contribution in [3.05, 3.63) is 12.0 Å². The summed E-state index contributed by atoms with van der Waals surface area (Å²) in [6.07, 6.45) is 3.48. The quantitative estimate of drug-likeness (QED) is 0.595. The molecule has 0 spiro atoms. The summed E-state index contributed by atoms with van der Waals surface area (Å²) >= 11 is 0. The maximum atomic E-state index is 5.00. The van der Waals surface area contributed by atoms with Gasteiger partial charge in [0.25, 0.3) is 0 Å². The van der Waals surface area contributed by atoms with Gasteiger partial charge in [0, 0.05) is 11.0 Å². The zero-order chi connectivity index (χ0) is 11.0. The fraction of sp³-hybridized carbons (Fsp3) is 0.727. The minimum Gasteiger partial charge on any atom is -0.361 e. The predicted molar refractivity (Wildman–Crippen MR) is 58.7 cm³/mol. The maximum absolute atomic E-state index is 5.00. The van der Waals surface area contributed by atoms with Crippen LogP contribution in [0, 0.1) is 5.41 Å². The Kier molecular flexibility index (Phi) is 2.61. The Hall–Kier alpha value is -0.990. The highest BCUT2D eigenvalue weighted by Gasteiger charge is 2.31. The summed E-state index contributed by atoms with van der Waals surface area (Å²) in [6, 6.07) is 0. The molecule has 0 N–H and O–H groups in total. The van der Waals surface area contributed by atoms with Crippen molar-refractivity contribution in [2.24, 2.45) is 10.6 Å². The summed E-state index contributed by atoms with van der Waals surface area (Å²) in [6.45, 7) is 13.0. The first-order valence-corrected chi connectivity index (χ1v) is 4.92. The molecule has 1 rings (SSSR count). The summed E-state index contributed by atoms with van der Waals surface area (Å²) in [7, 11) is 0. The molecule has 1 aliphatic rings. The number of hydrogen-bond donors (Lipinski definition) is 0. The third-order valence-electron chi connectivity index (χ3n) is 2.14. The monoisotopic (exact) mass is 196 g/mol. The van der Waals surface area contributed by atoms with E-state index in [1.54, 1.807) is 12.6 Å².